The first-order valence-electron chi connectivity index (χ1n) is 15.2. The van der Waals surface area contributed by atoms with E-state index >= 15 is 4.39 Å². The number of methoxy groups -OCH3 is 1. The zero-order chi connectivity index (χ0) is 31.6. The highest BCUT2D eigenvalue weighted by molar-refractivity contribution is 6.76. The van der Waals surface area contributed by atoms with Gasteiger partial charge in [-0.15, -0.1) is 0 Å². The molecule has 2 aromatic heterocycles. The minimum Gasteiger partial charge on any atom is -0.496 e. The second kappa shape index (κ2) is 13.1. The summed E-state index contributed by atoms with van der Waals surface area (Å²) in [5.74, 6) is 0.110. The Labute approximate surface area is 261 Å². The van der Waals surface area contributed by atoms with Crippen LogP contribution in [0.1, 0.15) is 10.4 Å². The fraction of sp³-hybridized carbons (Fsp3) is 0.412. The van der Waals surface area contributed by atoms with Gasteiger partial charge in [0.2, 0.25) is 0 Å². The summed E-state index contributed by atoms with van der Waals surface area (Å²) in [6.45, 7) is 11.0. The Hall–Kier alpha value is -3.73. The molecule has 0 unspecified atom stereocenters. The number of amides is 1. The molecule has 44 heavy (non-hydrogen) atoms. The van der Waals surface area contributed by atoms with E-state index in [1.807, 2.05) is 46.0 Å². The molecule has 0 bridgehead atoms. The van der Waals surface area contributed by atoms with E-state index in [0.717, 1.165) is 52.6 Å². The summed E-state index contributed by atoms with van der Waals surface area (Å²) in [6, 6.07) is 14.3. The highest BCUT2D eigenvalue weighted by atomic mass is 28.3. The topological polar surface area (TPSA) is 63.1 Å². The zero-order valence-corrected chi connectivity index (χ0v) is 28.0. The fourth-order valence-corrected chi connectivity index (χ4v) is 6.33. The highest BCUT2D eigenvalue weighted by Crippen LogP contribution is 2.38. The number of aromatic nitrogens is 2. The maximum absolute atomic E-state index is 16.0. The van der Waals surface area contributed by atoms with Crippen LogP contribution in [0.2, 0.25) is 25.7 Å². The van der Waals surface area contributed by atoms with Gasteiger partial charge in [0.1, 0.15) is 23.9 Å². The van der Waals surface area contributed by atoms with Gasteiger partial charge in [-0.1, -0.05) is 37.8 Å². The van der Waals surface area contributed by atoms with Gasteiger partial charge in [-0.3, -0.25) is 4.79 Å². The van der Waals surface area contributed by atoms with Crippen molar-refractivity contribution in [1.29, 1.82) is 0 Å². The summed E-state index contributed by atoms with van der Waals surface area (Å²) < 4.78 is 29.9. The third-order valence-electron chi connectivity index (χ3n) is 8.19. The number of fused-ring (bicyclic) bond motifs is 1. The van der Waals surface area contributed by atoms with E-state index < -0.39 is 13.9 Å². The fourth-order valence-electron chi connectivity index (χ4n) is 5.57. The first-order valence-corrected chi connectivity index (χ1v) is 18.9. The molecule has 0 saturated carbocycles. The van der Waals surface area contributed by atoms with E-state index in [4.69, 9.17) is 14.5 Å². The van der Waals surface area contributed by atoms with Crippen LogP contribution in [-0.2, 0) is 11.5 Å². The Kier molecular flexibility index (Phi) is 9.43. The monoisotopic (exact) mass is 617 g/mol. The number of para-hydroxylation sites is 1. The predicted molar refractivity (Wildman–Crippen MR) is 179 cm³/mol. The van der Waals surface area contributed by atoms with Crippen LogP contribution in [0, 0.1) is 5.82 Å². The van der Waals surface area contributed by atoms with Crippen molar-refractivity contribution in [3.8, 4) is 28.0 Å². The van der Waals surface area contributed by atoms with Gasteiger partial charge in [0.25, 0.3) is 5.91 Å². The molecule has 1 fully saturated rings. The lowest BCUT2D eigenvalue weighted by atomic mass is 9.98. The molecule has 1 aliphatic heterocycles. The summed E-state index contributed by atoms with van der Waals surface area (Å²) in [6.07, 6.45) is 3.80. The smallest absolute Gasteiger partial charge is 0.255 e. The van der Waals surface area contributed by atoms with Crippen molar-refractivity contribution in [2.45, 2.75) is 32.4 Å². The van der Waals surface area contributed by atoms with E-state index in [1.54, 1.807) is 33.5 Å². The first kappa shape index (κ1) is 31.7. The molecule has 3 heterocycles. The van der Waals surface area contributed by atoms with Crippen molar-refractivity contribution in [1.82, 2.24) is 19.4 Å². The second-order valence-corrected chi connectivity index (χ2v) is 18.6. The molecule has 0 aliphatic carbocycles. The molecule has 0 N–H and O–H groups in total. The van der Waals surface area contributed by atoms with E-state index in [1.165, 1.54) is 11.0 Å². The number of carbonyl (C=O) groups is 1. The zero-order valence-electron chi connectivity index (χ0n) is 27.0. The van der Waals surface area contributed by atoms with Crippen molar-refractivity contribution in [3.05, 3.63) is 66.2 Å². The molecule has 0 spiro atoms. The highest BCUT2D eigenvalue weighted by Gasteiger charge is 2.26. The molecule has 1 saturated heterocycles. The molecular weight excluding hydrogens is 573 g/mol. The number of rotatable bonds is 10. The number of carbonyl (C=O) groups excluding carboxylic acids is 1. The Balaban J connectivity index is 1.60. The molecule has 1 aliphatic rings. The van der Waals surface area contributed by atoms with Crippen LogP contribution in [0.5, 0.6) is 5.75 Å². The van der Waals surface area contributed by atoms with Gasteiger partial charge in [-0.05, 0) is 42.9 Å². The number of likely N-dealkylation sites (N-methyl/N-ethyl adjacent to an activating group) is 1. The number of benzene rings is 2. The molecule has 4 aromatic rings. The Morgan fingerprint density at radius 1 is 1.02 bits per heavy atom. The predicted octanol–water partition coefficient (Wildman–Crippen LogP) is 6.28. The van der Waals surface area contributed by atoms with Crippen LogP contribution in [0.15, 0.2) is 54.9 Å². The van der Waals surface area contributed by atoms with Crippen LogP contribution in [-0.4, -0.2) is 94.4 Å². The van der Waals surface area contributed by atoms with Crippen LogP contribution >= 0.6 is 0 Å². The van der Waals surface area contributed by atoms with Gasteiger partial charge in [-0.25, -0.2) is 9.37 Å². The average Bonchev–Trinajstić information content (AvgIpc) is 3.36. The SMILES string of the molecule is COc1ccccc1-c1cn(COCC[Si](C)(C)C)c2ncc(-c3cc(F)c(N4CCN(C)CC4)c(C(=O)N(C)C)c3)cc12. The van der Waals surface area contributed by atoms with Crippen molar-refractivity contribution < 1.29 is 18.7 Å². The van der Waals surface area contributed by atoms with E-state index in [9.17, 15) is 4.79 Å². The number of hydrogen-bond acceptors (Lipinski definition) is 6. The molecular formula is C34H44FN5O3Si. The first-order chi connectivity index (χ1) is 21.0. The van der Waals surface area contributed by atoms with E-state index in [2.05, 4.69) is 31.6 Å². The van der Waals surface area contributed by atoms with Gasteiger partial charge < -0.3 is 28.7 Å². The minimum absolute atomic E-state index is 0.231. The van der Waals surface area contributed by atoms with Gasteiger partial charge in [-0.2, -0.15) is 0 Å². The number of ether oxygens (including phenoxy) is 2. The minimum atomic E-state index is -1.23. The van der Waals surface area contributed by atoms with Crippen molar-refractivity contribution in [3.63, 3.8) is 0 Å². The van der Waals surface area contributed by atoms with Gasteiger partial charge in [0.05, 0.1) is 18.4 Å². The molecule has 5 rings (SSSR count). The van der Waals surface area contributed by atoms with Crippen LogP contribution < -0.4 is 9.64 Å². The number of hydrogen-bond donors (Lipinski definition) is 0. The number of anilines is 1. The molecule has 2 aromatic carbocycles. The molecule has 10 heteroatoms. The largest absolute Gasteiger partial charge is 0.496 e. The third-order valence-corrected chi connectivity index (χ3v) is 9.89. The number of pyridine rings is 1. The normalized spacial score (nSPS) is 14.3. The van der Waals surface area contributed by atoms with Gasteiger partial charge in [0.15, 0.2) is 0 Å². The summed E-state index contributed by atoms with van der Waals surface area (Å²) >= 11 is 0. The Bertz CT molecular complexity index is 1640. The molecule has 8 nitrogen and oxygen atoms in total. The van der Waals surface area contributed by atoms with Crippen LogP contribution in [0.3, 0.4) is 0 Å². The third kappa shape index (κ3) is 6.82. The van der Waals surface area contributed by atoms with Crippen LogP contribution in [0.25, 0.3) is 33.3 Å². The second-order valence-electron chi connectivity index (χ2n) is 13.0. The number of nitrogens with zero attached hydrogens (tertiary/aromatic N) is 5. The molecule has 234 valence electrons. The average molecular weight is 618 g/mol. The Morgan fingerprint density at radius 2 is 1.75 bits per heavy atom. The lowest BCUT2D eigenvalue weighted by molar-refractivity contribution is 0.0827. The number of piperazine rings is 1. The number of halogens is 1. The molecule has 0 atom stereocenters. The summed E-state index contributed by atoms with van der Waals surface area (Å²) in [7, 11) is 5.88. The lowest BCUT2D eigenvalue weighted by Gasteiger charge is -2.35. The summed E-state index contributed by atoms with van der Waals surface area (Å²) in [4.78, 5) is 24.0. The van der Waals surface area contributed by atoms with Crippen molar-refractivity contribution in [2.75, 3.05) is 65.9 Å². The standard InChI is InChI=1S/C34H44FN5O3Si/c1-37(2)34(41)28-18-24(20-30(35)32(28)39-14-12-38(3)13-15-39)25-19-27-29(26-10-8-9-11-31(26)42-4)22-40(33(27)36-21-25)23-43-16-17-44(5,6)7/h8-11,18-22H,12-17,23H2,1-7H3. The molecule has 1 amide bonds. The summed E-state index contributed by atoms with van der Waals surface area (Å²) in [5.41, 5.74) is 4.69. The molecule has 0 radical (unpaired) electrons. The van der Waals surface area contributed by atoms with E-state index in [0.29, 0.717) is 43.2 Å². The quantitative estimate of drug-likeness (QED) is 0.154. The maximum atomic E-state index is 16.0. The Morgan fingerprint density at radius 3 is 2.43 bits per heavy atom. The van der Waals surface area contributed by atoms with Crippen LogP contribution in [0.4, 0.5) is 10.1 Å². The van der Waals surface area contributed by atoms with Gasteiger partial charge in [0, 0.05) is 89.4 Å². The maximum Gasteiger partial charge on any atom is 0.255 e. The van der Waals surface area contributed by atoms with Crippen molar-refractivity contribution >= 4 is 30.7 Å². The lowest BCUT2D eigenvalue weighted by Crippen LogP contribution is -2.45. The summed E-state index contributed by atoms with van der Waals surface area (Å²) in [5, 5.41) is 0.893. The van der Waals surface area contributed by atoms with Crippen molar-refractivity contribution in [2.24, 2.45) is 0 Å². The van der Waals surface area contributed by atoms with E-state index in [-0.39, 0.29) is 5.91 Å². The van der Waals surface area contributed by atoms with Gasteiger partial charge >= 0.3 is 0 Å².